The molecule has 0 heterocycles. The van der Waals surface area contributed by atoms with Crippen LogP contribution in [0.4, 0.5) is 0 Å². The summed E-state index contributed by atoms with van der Waals surface area (Å²) >= 11 is 0. The fourth-order valence-electron chi connectivity index (χ4n) is 1.59. The molecule has 110 valence electrons. The predicted molar refractivity (Wildman–Crippen MR) is 68.6 cm³/mol. The number of unbranched alkanes of at least 4 members (excludes halogenated alkanes) is 2. The van der Waals surface area contributed by atoms with Crippen LogP contribution in [-0.4, -0.2) is 40.6 Å². The van der Waals surface area contributed by atoms with Crippen LogP contribution in [0.15, 0.2) is 0 Å². The molecule has 0 aromatic heterocycles. The summed E-state index contributed by atoms with van der Waals surface area (Å²) in [5.74, 6) is -2.43. The number of nitrogens with one attached hydrogen (secondary N) is 1. The van der Waals surface area contributed by atoms with Crippen LogP contribution in [0, 0.1) is 0 Å². The van der Waals surface area contributed by atoms with Gasteiger partial charge in [0.25, 0.3) is 0 Å². The van der Waals surface area contributed by atoms with Gasteiger partial charge in [-0.15, -0.1) is 0 Å². The van der Waals surface area contributed by atoms with Gasteiger partial charge in [0.2, 0.25) is 5.91 Å². The Morgan fingerprint density at radius 1 is 1.00 bits per heavy atom. The summed E-state index contributed by atoms with van der Waals surface area (Å²) < 4.78 is 0. The van der Waals surface area contributed by atoms with E-state index < -0.39 is 18.0 Å². The van der Waals surface area contributed by atoms with Crippen LogP contribution in [-0.2, 0) is 14.4 Å². The van der Waals surface area contributed by atoms with E-state index in [1.54, 1.807) is 0 Å². The number of nitrogens with two attached hydrogens (primary N) is 1. The van der Waals surface area contributed by atoms with Crippen molar-refractivity contribution in [1.82, 2.24) is 5.32 Å². The van der Waals surface area contributed by atoms with E-state index in [1.165, 1.54) is 0 Å². The molecule has 1 amide bonds. The van der Waals surface area contributed by atoms with E-state index in [-0.39, 0.29) is 31.6 Å². The Hall–Kier alpha value is -1.63. The van der Waals surface area contributed by atoms with Gasteiger partial charge in [-0.1, -0.05) is 6.42 Å². The molecule has 0 aliphatic rings. The van der Waals surface area contributed by atoms with Gasteiger partial charge in [-0.25, -0.2) is 4.79 Å². The van der Waals surface area contributed by atoms with Crippen molar-refractivity contribution >= 4 is 17.8 Å². The average Bonchev–Trinajstić information content (AvgIpc) is 2.33. The van der Waals surface area contributed by atoms with Crippen molar-refractivity contribution in [2.75, 3.05) is 6.54 Å². The minimum absolute atomic E-state index is 0.101. The second-order valence-corrected chi connectivity index (χ2v) is 4.34. The molecule has 0 aliphatic carbocycles. The van der Waals surface area contributed by atoms with Gasteiger partial charge in [-0.05, 0) is 32.2 Å². The Kier molecular flexibility index (Phi) is 9.42. The first-order valence-electron chi connectivity index (χ1n) is 6.41. The molecular weight excluding hydrogens is 252 g/mol. The second kappa shape index (κ2) is 10.3. The quantitative estimate of drug-likeness (QED) is 0.402. The third-order valence-corrected chi connectivity index (χ3v) is 2.62. The first-order valence-corrected chi connectivity index (χ1v) is 6.41. The number of hydrogen-bond donors (Lipinski definition) is 4. The predicted octanol–water partition coefficient (Wildman–Crippen LogP) is 0.330. The highest BCUT2D eigenvalue weighted by Crippen LogP contribution is 2.04. The molecule has 19 heavy (non-hydrogen) atoms. The number of carbonyl (C=O) groups is 3. The lowest BCUT2D eigenvalue weighted by Crippen LogP contribution is -2.40. The minimum atomic E-state index is -1.14. The SMILES string of the molecule is NCCCCCC(=O)NC(CCCC(=O)O)C(=O)O. The van der Waals surface area contributed by atoms with Crippen LogP contribution < -0.4 is 11.1 Å². The molecule has 0 saturated heterocycles. The van der Waals surface area contributed by atoms with Gasteiger partial charge < -0.3 is 21.3 Å². The normalized spacial score (nSPS) is 11.8. The van der Waals surface area contributed by atoms with Gasteiger partial charge in [0.15, 0.2) is 0 Å². The Labute approximate surface area is 112 Å². The van der Waals surface area contributed by atoms with Gasteiger partial charge in [0.05, 0.1) is 0 Å². The van der Waals surface area contributed by atoms with E-state index in [2.05, 4.69) is 5.32 Å². The third kappa shape index (κ3) is 10.0. The van der Waals surface area contributed by atoms with E-state index in [0.29, 0.717) is 13.0 Å². The average molecular weight is 274 g/mol. The standard InChI is InChI=1S/C12H22N2O5/c13-8-3-1-2-6-10(15)14-9(12(18)19)5-4-7-11(16)17/h9H,1-8,13H2,(H,14,15)(H,16,17)(H,18,19). The summed E-state index contributed by atoms with van der Waals surface area (Å²) in [5.41, 5.74) is 5.32. The molecule has 1 unspecified atom stereocenters. The van der Waals surface area contributed by atoms with Crippen molar-refractivity contribution in [3.05, 3.63) is 0 Å². The summed E-state index contributed by atoms with van der Waals surface area (Å²) in [4.78, 5) is 32.7. The largest absolute Gasteiger partial charge is 0.481 e. The third-order valence-electron chi connectivity index (χ3n) is 2.62. The highest BCUT2D eigenvalue weighted by Gasteiger charge is 2.19. The molecule has 7 heteroatoms. The Balaban J connectivity index is 3.94. The maximum Gasteiger partial charge on any atom is 0.326 e. The van der Waals surface area contributed by atoms with Gasteiger partial charge in [-0.2, -0.15) is 0 Å². The van der Waals surface area contributed by atoms with Gasteiger partial charge in [0.1, 0.15) is 6.04 Å². The number of carboxylic acids is 2. The molecule has 0 rings (SSSR count). The zero-order chi connectivity index (χ0) is 14.7. The van der Waals surface area contributed by atoms with Crippen molar-refractivity contribution in [3.8, 4) is 0 Å². The van der Waals surface area contributed by atoms with Crippen LogP contribution >= 0.6 is 0 Å². The van der Waals surface area contributed by atoms with Gasteiger partial charge in [-0.3, -0.25) is 9.59 Å². The first kappa shape index (κ1) is 17.4. The lowest BCUT2D eigenvalue weighted by molar-refractivity contribution is -0.142. The summed E-state index contributed by atoms with van der Waals surface area (Å²) in [7, 11) is 0. The van der Waals surface area contributed by atoms with E-state index in [1.807, 2.05) is 0 Å². The molecular formula is C12H22N2O5. The zero-order valence-corrected chi connectivity index (χ0v) is 10.9. The molecule has 0 aromatic carbocycles. The lowest BCUT2D eigenvalue weighted by atomic mass is 10.1. The number of hydrogen-bond acceptors (Lipinski definition) is 4. The summed E-state index contributed by atoms with van der Waals surface area (Å²) in [6, 6.07) is -1.01. The van der Waals surface area contributed by atoms with E-state index in [0.717, 1.165) is 12.8 Å². The van der Waals surface area contributed by atoms with Crippen molar-refractivity contribution in [1.29, 1.82) is 0 Å². The molecule has 0 bridgehead atoms. The molecule has 0 spiro atoms. The monoisotopic (exact) mass is 274 g/mol. The number of rotatable bonds is 11. The zero-order valence-electron chi connectivity index (χ0n) is 10.9. The van der Waals surface area contributed by atoms with Crippen LogP contribution in [0.1, 0.15) is 44.9 Å². The molecule has 0 aromatic rings. The number of carboxylic acid groups (broad SMARTS) is 2. The fraction of sp³-hybridized carbons (Fsp3) is 0.750. The molecule has 0 fully saturated rings. The van der Waals surface area contributed by atoms with Crippen LogP contribution in [0.3, 0.4) is 0 Å². The molecule has 0 aliphatic heterocycles. The summed E-state index contributed by atoms with van der Waals surface area (Å²) in [6.45, 7) is 0.578. The van der Waals surface area contributed by atoms with E-state index >= 15 is 0 Å². The van der Waals surface area contributed by atoms with E-state index in [9.17, 15) is 14.4 Å². The van der Waals surface area contributed by atoms with E-state index in [4.69, 9.17) is 15.9 Å². The molecule has 0 saturated carbocycles. The molecule has 0 radical (unpaired) electrons. The topological polar surface area (TPSA) is 130 Å². The highest BCUT2D eigenvalue weighted by atomic mass is 16.4. The van der Waals surface area contributed by atoms with Crippen molar-refractivity contribution in [2.45, 2.75) is 51.0 Å². The minimum Gasteiger partial charge on any atom is -0.481 e. The second-order valence-electron chi connectivity index (χ2n) is 4.34. The van der Waals surface area contributed by atoms with Crippen LogP contribution in [0.25, 0.3) is 0 Å². The summed E-state index contributed by atoms with van der Waals surface area (Å²) in [5, 5.41) is 19.8. The highest BCUT2D eigenvalue weighted by molar-refractivity contribution is 5.83. The number of amides is 1. The van der Waals surface area contributed by atoms with Crippen LogP contribution in [0.5, 0.6) is 0 Å². The fourth-order valence-corrected chi connectivity index (χ4v) is 1.59. The Morgan fingerprint density at radius 3 is 2.21 bits per heavy atom. The van der Waals surface area contributed by atoms with Crippen molar-refractivity contribution < 1.29 is 24.6 Å². The number of aliphatic carboxylic acids is 2. The van der Waals surface area contributed by atoms with Gasteiger partial charge in [0, 0.05) is 12.8 Å². The molecule has 5 N–H and O–H groups in total. The van der Waals surface area contributed by atoms with Gasteiger partial charge >= 0.3 is 11.9 Å². The summed E-state index contributed by atoms with van der Waals surface area (Å²) in [6.07, 6.45) is 2.86. The van der Waals surface area contributed by atoms with Crippen LogP contribution in [0.2, 0.25) is 0 Å². The molecule has 7 nitrogen and oxygen atoms in total. The smallest absolute Gasteiger partial charge is 0.326 e. The maximum absolute atomic E-state index is 11.5. The lowest BCUT2D eigenvalue weighted by Gasteiger charge is -2.13. The Bertz CT molecular complexity index is 306. The maximum atomic E-state index is 11.5. The number of carbonyl (C=O) groups excluding carboxylic acids is 1. The first-order chi connectivity index (χ1) is 8.97. The van der Waals surface area contributed by atoms with Crippen molar-refractivity contribution in [2.24, 2.45) is 5.73 Å². The Morgan fingerprint density at radius 2 is 1.68 bits per heavy atom. The molecule has 1 atom stereocenters. The van der Waals surface area contributed by atoms with Crippen molar-refractivity contribution in [3.63, 3.8) is 0 Å².